The smallest absolute Gasteiger partial charge is 0.209 e. The van der Waals surface area contributed by atoms with Crippen molar-refractivity contribution in [3.05, 3.63) is 89.2 Å². The highest BCUT2D eigenvalue weighted by Gasteiger charge is 2.42. The highest BCUT2D eigenvalue weighted by Crippen LogP contribution is 2.44. The second kappa shape index (κ2) is 8.36. The quantitative estimate of drug-likeness (QED) is 0.473. The molecule has 0 amide bonds. The van der Waals surface area contributed by atoms with Crippen LogP contribution in [-0.2, 0) is 27.2 Å². The lowest BCUT2D eigenvalue weighted by Crippen LogP contribution is -2.26. The predicted molar refractivity (Wildman–Crippen MR) is 141 cm³/mol. The summed E-state index contributed by atoms with van der Waals surface area (Å²) < 4.78 is 26.2. The van der Waals surface area contributed by atoms with E-state index in [4.69, 9.17) is 5.73 Å². The van der Waals surface area contributed by atoms with Crippen LogP contribution >= 0.6 is 0 Å². The molecule has 0 spiro atoms. The van der Waals surface area contributed by atoms with Crippen molar-refractivity contribution in [2.75, 3.05) is 18.6 Å². The van der Waals surface area contributed by atoms with Gasteiger partial charge in [-0.05, 0) is 55.3 Å². The molecule has 0 atom stereocenters. The zero-order chi connectivity index (χ0) is 24.9. The normalized spacial score (nSPS) is 19.8. The zero-order valence-electron chi connectivity index (χ0n) is 20.8. The summed E-state index contributed by atoms with van der Waals surface area (Å²) in [4.78, 5) is 0.348. The molecule has 0 fully saturated rings. The summed E-state index contributed by atoms with van der Waals surface area (Å²) in [5.41, 5.74) is 13.3. The lowest BCUT2D eigenvalue weighted by molar-refractivity contribution is -0.401. The molecule has 2 aromatic rings. The lowest BCUT2D eigenvalue weighted by Gasteiger charge is -2.20. The first kappa shape index (κ1) is 24.2. The Morgan fingerprint density at radius 3 is 2.38 bits per heavy atom. The van der Waals surface area contributed by atoms with Crippen molar-refractivity contribution in [3.8, 4) is 0 Å². The van der Waals surface area contributed by atoms with Gasteiger partial charge in [-0.15, -0.1) is 0 Å². The third-order valence-electron chi connectivity index (χ3n) is 7.11. The van der Waals surface area contributed by atoms with Gasteiger partial charge in [0.25, 0.3) is 0 Å². The summed E-state index contributed by atoms with van der Waals surface area (Å²) in [5, 5.41) is 3.45. The van der Waals surface area contributed by atoms with Gasteiger partial charge in [0.05, 0.1) is 10.3 Å². The van der Waals surface area contributed by atoms with Crippen LogP contribution in [0.3, 0.4) is 0 Å². The molecular formula is C28H34N3O2S+. The van der Waals surface area contributed by atoms with Crippen molar-refractivity contribution in [2.24, 2.45) is 5.73 Å². The summed E-state index contributed by atoms with van der Waals surface area (Å²) in [6.07, 6.45) is 11.6. The maximum atomic E-state index is 12.0. The molecule has 4 rings (SSSR count). The minimum atomic E-state index is -3.25. The average molecular weight is 477 g/mol. The third kappa shape index (κ3) is 4.05. The first-order valence-electron chi connectivity index (χ1n) is 11.5. The van der Waals surface area contributed by atoms with Gasteiger partial charge in [0, 0.05) is 47.3 Å². The number of allylic oxidation sites excluding steroid dienone is 6. The molecule has 2 heterocycles. The fraction of sp³-hybridized carbons (Fsp3) is 0.321. The average Bonchev–Trinajstić information content (AvgIpc) is 3.13. The summed E-state index contributed by atoms with van der Waals surface area (Å²) in [5.74, 6) is 0. The van der Waals surface area contributed by atoms with Gasteiger partial charge in [-0.1, -0.05) is 38.1 Å². The molecule has 0 bridgehead atoms. The number of benzene rings is 2. The maximum absolute atomic E-state index is 12.0. The summed E-state index contributed by atoms with van der Waals surface area (Å²) in [6, 6.07) is 11.8. The Balaban J connectivity index is 1.55. The summed E-state index contributed by atoms with van der Waals surface area (Å²) >= 11 is 0. The molecule has 0 unspecified atom stereocenters. The number of nitrogens with one attached hydrogen (secondary N) is 1. The zero-order valence-corrected chi connectivity index (χ0v) is 21.6. The van der Waals surface area contributed by atoms with Crippen LogP contribution < -0.4 is 11.1 Å². The first-order chi connectivity index (χ1) is 15.9. The number of nitrogens with two attached hydrogens (primary N) is 1. The van der Waals surface area contributed by atoms with Crippen LogP contribution in [0.2, 0.25) is 0 Å². The molecule has 2 aliphatic rings. The van der Waals surface area contributed by atoms with Gasteiger partial charge in [-0.2, -0.15) is 4.58 Å². The van der Waals surface area contributed by atoms with E-state index in [-0.39, 0.29) is 10.8 Å². The topological polar surface area (TPSA) is 75.2 Å². The minimum Gasteiger partial charge on any atom is -0.358 e. The molecule has 178 valence electrons. The van der Waals surface area contributed by atoms with Crippen LogP contribution in [0.15, 0.2) is 77.4 Å². The standard InChI is InChI=1S/C28H33N3O2S/c1-27(2)21-17-20(34(6,32)33)13-14-23(21)30-25(27)10-8-7-9-11-26-28(3,4)22-16-19(18-29)12-15-24(22)31(26)5/h7-17H,18,29H2,1-6H3/p+1. The SMILES string of the molecule is C[N+]1=C(/C=C/C=C/C=C2/Nc3ccc(S(C)(=O)=O)cc3C2(C)C)C(C)(C)c2cc(CN)ccc21. The third-order valence-corrected chi connectivity index (χ3v) is 8.22. The van der Waals surface area contributed by atoms with Crippen molar-refractivity contribution in [3.63, 3.8) is 0 Å². The number of rotatable bonds is 5. The Morgan fingerprint density at radius 2 is 1.71 bits per heavy atom. The van der Waals surface area contributed by atoms with Gasteiger partial charge in [-0.3, -0.25) is 0 Å². The minimum absolute atomic E-state index is 0.105. The van der Waals surface area contributed by atoms with Crippen molar-refractivity contribution >= 4 is 26.9 Å². The van der Waals surface area contributed by atoms with Crippen molar-refractivity contribution in [2.45, 2.75) is 50.0 Å². The van der Waals surface area contributed by atoms with Gasteiger partial charge in [0.1, 0.15) is 7.05 Å². The lowest BCUT2D eigenvalue weighted by atomic mass is 9.81. The van der Waals surface area contributed by atoms with Crippen LogP contribution in [0.25, 0.3) is 0 Å². The van der Waals surface area contributed by atoms with Gasteiger partial charge < -0.3 is 11.1 Å². The fourth-order valence-electron chi connectivity index (χ4n) is 4.95. The summed E-state index contributed by atoms with van der Waals surface area (Å²) in [7, 11) is -1.14. The van der Waals surface area contributed by atoms with Crippen molar-refractivity contribution in [1.82, 2.24) is 0 Å². The number of sulfone groups is 1. The van der Waals surface area contributed by atoms with E-state index < -0.39 is 9.84 Å². The molecule has 6 heteroatoms. The molecule has 0 radical (unpaired) electrons. The van der Waals surface area contributed by atoms with E-state index in [1.54, 1.807) is 12.1 Å². The molecule has 3 N–H and O–H groups in total. The predicted octanol–water partition coefficient (Wildman–Crippen LogP) is 4.95. The van der Waals surface area contributed by atoms with E-state index in [1.807, 2.05) is 18.2 Å². The van der Waals surface area contributed by atoms with Crippen molar-refractivity contribution in [1.29, 1.82) is 0 Å². The Kier molecular flexibility index (Phi) is 5.95. The Morgan fingerprint density at radius 1 is 0.971 bits per heavy atom. The first-order valence-corrected chi connectivity index (χ1v) is 13.4. The van der Waals surface area contributed by atoms with Crippen LogP contribution in [0.5, 0.6) is 0 Å². The van der Waals surface area contributed by atoms with Crippen LogP contribution in [-0.4, -0.2) is 32.0 Å². The molecule has 34 heavy (non-hydrogen) atoms. The molecule has 2 aliphatic heterocycles. The molecular weight excluding hydrogens is 442 g/mol. The van der Waals surface area contributed by atoms with E-state index in [0.717, 1.165) is 22.5 Å². The molecule has 0 saturated carbocycles. The van der Waals surface area contributed by atoms with Crippen LogP contribution in [0.1, 0.15) is 44.4 Å². The number of hydrogen-bond acceptors (Lipinski definition) is 4. The van der Waals surface area contributed by atoms with Gasteiger partial charge >= 0.3 is 0 Å². The highest BCUT2D eigenvalue weighted by atomic mass is 32.2. The van der Waals surface area contributed by atoms with E-state index >= 15 is 0 Å². The number of anilines is 1. The van der Waals surface area contributed by atoms with Gasteiger partial charge in [0.15, 0.2) is 15.5 Å². The van der Waals surface area contributed by atoms with Gasteiger partial charge in [-0.25, -0.2) is 8.42 Å². The molecule has 5 nitrogen and oxygen atoms in total. The van der Waals surface area contributed by atoms with E-state index in [2.05, 4.69) is 81.1 Å². The molecule has 2 aromatic carbocycles. The Labute approximate surface area is 203 Å². The second-order valence-corrected chi connectivity index (χ2v) is 12.2. The van der Waals surface area contributed by atoms with Crippen LogP contribution in [0, 0.1) is 0 Å². The fourth-order valence-corrected chi connectivity index (χ4v) is 5.60. The molecule has 0 aliphatic carbocycles. The number of nitrogens with zero attached hydrogens (tertiary/aromatic N) is 1. The monoisotopic (exact) mass is 476 g/mol. The number of hydrogen-bond donors (Lipinski definition) is 2. The van der Waals surface area contributed by atoms with Crippen molar-refractivity contribution < 1.29 is 13.0 Å². The number of fused-ring (bicyclic) bond motifs is 2. The van der Waals surface area contributed by atoms with E-state index in [1.165, 1.54) is 23.2 Å². The Bertz CT molecular complexity index is 1390. The second-order valence-electron chi connectivity index (χ2n) is 10.2. The summed E-state index contributed by atoms with van der Waals surface area (Å²) in [6.45, 7) is 9.24. The maximum Gasteiger partial charge on any atom is 0.209 e. The van der Waals surface area contributed by atoms with Gasteiger partial charge in [0.2, 0.25) is 5.69 Å². The molecule has 0 saturated heterocycles. The van der Waals surface area contributed by atoms with Crippen LogP contribution in [0.4, 0.5) is 11.4 Å². The highest BCUT2D eigenvalue weighted by molar-refractivity contribution is 7.90. The molecule has 0 aromatic heterocycles. The Hall–Kier alpha value is -2.96. The van der Waals surface area contributed by atoms with E-state index in [9.17, 15) is 8.42 Å². The largest absolute Gasteiger partial charge is 0.358 e. The van der Waals surface area contributed by atoms with E-state index in [0.29, 0.717) is 11.4 Å².